The molecule has 0 spiro atoms. The Kier molecular flexibility index (Phi) is 4.68. The number of pyridine rings is 1. The van der Waals surface area contributed by atoms with Crippen LogP contribution >= 0.6 is 0 Å². The first kappa shape index (κ1) is 17.6. The fourth-order valence-electron chi connectivity index (χ4n) is 3.00. The van der Waals surface area contributed by atoms with Crippen LogP contribution in [0.3, 0.4) is 0 Å². The lowest BCUT2D eigenvalue weighted by Crippen LogP contribution is -2.15. The summed E-state index contributed by atoms with van der Waals surface area (Å²) in [5, 5.41) is 15.2. The highest BCUT2D eigenvalue weighted by Gasteiger charge is 2.11. The molecule has 2 aromatic heterocycles. The number of aryl methyl sites for hydroxylation is 2. The maximum absolute atomic E-state index is 12.6. The predicted molar refractivity (Wildman–Crippen MR) is 111 cm³/mol. The molecule has 4 rings (SSSR count). The van der Waals surface area contributed by atoms with Gasteiger partial charge in [-0.2, -0.15) is 0 Å². The number of anilines is 3. The first-order valence-electron chi connectivity index (χ1n) is 8.93. The monoisotopic (exact) mass is 369 g/mol. The van der Waals surface area contributed by atoms with Gasteiger partial charge in [0.15, 0.2) is 11.5 Å². The second kappa shape index (κ2) is 7.44. The summed E-state index contributed by atoms with van der Waals surface area (Å²) < 4.78 is 0. The number of carbonyl (C=O) groups excluding carboxylic acids is 1. The molecule has 0 radical (unpaired) electrons. The lowest BCUT2D eigenvalue weighted by atomic mass is 10.1. The van der Waals surface area contributed by atoms with Crippen molar-refractivity contribution in [1.29, 1.82) is 0 Å². The van der Waals surface area contributed by atoms with E-state index in [2.05, 4.69) is 38.8 Å². The highest BCUT2D eigenvalue weighted by Crippen LogP contribution is 2.22. The first-order chi connectivity index (χ1) is 13.6. The van der Waals surface area contributed by atoms with E-state index >= 15 is 0 Å². The summed E-state index contributed by atoms with van der Waals surface area (Å²) in [6.45, 7) is 4.08. The molecule has 2 heterocycles. The minimum absolute atomic E-state index is 0.235. The van der Waals surface area contributed by atoms with Crippen molar-refractivity contribution < 1.29 is 4.79 Å². The highest BCUT2D eigenvalue weighted by molar-refractivity contribution is 6.07. The van der Waals surface area contributed by atoms with Crippen LogP contribution in [0.15, 0.2) is 66.9 Å². The molecule has 2 N–H and O–H groups in total. The van der Waals surface area contributed by atoms with Crippen LogP contribution in [0.5, 0.6) is 0 Å². The van der Waals surface area contributed by atoms with Crippen LogP contribution in [0, 0.1) is 13.8 Å². The van der Waals surface area contributed by atoms with Gasteiger partial charge >= 0.3 is 0 Å². The summed E-state index contributed by atoms with van der Waals surface area (Å²) in [7, 11) is 0. The average Bonchev–Trinajstić information content (AvgIpc) is 2.71. The molecule has 0 bridgehead atoms. The van der Waals surface area contributed by atoms with Crippen molar-refractivity contribution in [2.24, 2.45) is 0 Å². The molecule has 1 amide bonds. The number of nitrogens with zero attached hydrogens (tertiary/aromatic N) is 3. The predicted octanol–water partition coefficient (Wildman–Crippen LogP) is 4.64. The minimum Gasteiger partial charge on any atom is -0.339 e. The van der Waals surface area contributed by atoms with E-state index in [1.54, 1.807) is 18.3 Å². The van der Waals surface area contributed by atoms with Crippen molar-refractivity contribution in [3.05, 3.63) is 83.7 Å². The van der Waals surface area contributed by atoms with Crippen LogP contribution in [0.1, 0.15) is 21.6 Å². The zero-order valence-corrected chi connectivity index (χ0v) is 15.6. The van der Waals surface area contributed by atoms with Crippen molar-refractivity contribution in [3.63, 3.8) is 0 Å². The summed E-state index contributed by atoms with van der Waals surface area (Å²) in [4.78, 5) is 16.9. The third-order valence-corrected chi connectivity index (χ3v) is 4.42. The fourth-order valence-corrected chi connectivity index (χ4v) is 3.00. The van der Waals surface area contributed by atoms with E-state index in [-0.39, 0.29) is 11.6 Å². The van der Waals surface area contributed by atoms with E-state index in [0.717, 1.165) is 22.2 Å². The number of fused-ring (bicyclic) bond motifs is 1. The maximum atomic E-state index is 12.6. The number of hydrogen-bond donors (Lipinski definition) is 2. The Bertz CT molecular complexity index is 1150. The largest absolute Gasteiger partial charge is 0.339 e. The van der Waals surface area contributed by atoms with Crippen molar-refractivity contribution in [2.45, 2.75) is 13.8 Å². The van der Waals surface area contributed by atoms with Crippen LogP contribution < -0.4 is 10.6 Å². The second-order valence-electron chi connectivity index (χ2n) is 6.58. The van der Waals surface area contributed by atoms with Crippen molar-refractivity contribution in [1.82, 2.24) is 15.2 Å². The van der Waals surface area contributed by atoms with Gasteiger partial charge in [-0.1, -0.05) is 35.9 Å². The molecular weight excluding hydrogens is 350 g/mol. The number of aromatic nitrogens is 3. The second-order valence-corrected chi connectivity index (χ2v) is 6.58. The Morgan fingerprint density at radius 2 is 1.75 bits per heavy atom. The molecule has 0 aliphatic heterocycles. The van der Waals surface area contributed by atoms with E-state index in [9.17, 15) is 4.79 Å². The van der Waals surface area contributed by atoms with Crippen molar-refractivity contribution in [2.75, 3.05) is 10.6 Å². The van der Waals surface area contributed by atoms with Gasteiger partial charge in [-0.15, -0.1) is 10.2 Å². The number of nitrogens with one attached hydrogen (secondary N) is 2. The lowest BCUT2D eigenvalue weighted by Gasteiger charge is -2.10. The van der Waals surface area contributed by atoms with E-state index in [0.29, 0.717) is 11.5 Å². The van der Waals surface area contributed by atoms with Gasteiger partial charge in [0.2, 0.25) is 0 Å². The molecule has 2 aromatic carbocycles. The van der Waals surface area contributed by atoms with Gasteiger partial charge in [0, 0.05) is 17.3 Å². The van der Waals surface area contributed by atoms with Crippen LogP contribution in [0.25, 0.3) is 10.9 Å². The third kappa shape index (κ3) is 3.66. The molecule has 0 saturated heterocycles. The van der Waals surface area contributed by atoms with Crippen molar-refractivity contribution in [3.8, 4) is 0 Å². The Morgan fingerprint density at radius 3 is 2.54 bits per heavy atom. The van der Waals surface area contributed by atoms with Crippen LogP contribution in [0.4, 0.5) is 17.2 Å². The molecule has 0 atom stereocenters. The third-order valence-electron chi connectivity index (χ3n) is 4.42. The molecule has 6 nitrogen and oxygen atoms in total. The minimum atomic E-state index is -0.330. The molecule has 28 heavy (non-hydrogen) atoms. The van der Waals surface area contributed by atoms with Crippen LogP contribution in [-0.2, 0) is 0 Å². The van der Waals surface area contributed by atoms with E-state index in [1.807, 2.05) is 49.4 Å². The topological polar surface area (TPSA) is 79.8 Å². The highest BCUT2D eigenvalue weighted by atomic mass is 16.1. The quantitative estimate of drug-likeness (QED) is 0.548. The van der Waals surface area contributed by atoms with Crippen molar-refractivity contribution >= 4 is 34.0 Å². The van der Waals surface area contributed by atoms with Gasteiger partial charge in [-0.25, -0.2) is 0 Å². The first-order valence-corrected chi connectivity index (χ1v) is 8.93. The lowest BCUT2D eigenvalue weighted by molar-refractivity contribution is 0.102. The van der Waals surface area contributed by atoms with Gasteiger partial charge in [-0.05, 0) is 49.7 Å². The molecule has 6 heteroatoms. The number of para-hydroxylation sites is 1. The number of carbonyl (C=O) groups is 1. The molecule has 0 saturated carbocycles. The number of hydrogen-bond acceptors (Lipinski definition) is 5. The van der Waals surface area contributed by atoms with Crippen LogP contribution in [0.2, 0.25) is 0 Å². The molecular formula is C22H19N5O. The fraction of sp³-hybridized carbons (Fsp3) is 0.0909. The number of benzene rings is 2. The maximum Gasteiger partial charge on any atom is 0.276 e. The SMILES string of the molecule is Cc1ccc(Nc2ccc(C(=O)Nc3cccc4cccnc34)nn2)c(C)c1. The average molecular weight is 369 g/mol. The summed E-state index contributed by atoms with van der Waals surface area (Å²) in [6, 6.07) is 19.0. The smallest absolute Gasteiger partial charge is 0.276 e. The van der Waals surface area contributed by atoms with Gasteiger partial charge in [0.1, 0.15) is 0 Å². The molecule has 0 aliphatic rings. The molecule has 138 valence electrons. The van der Waals surface area contributed by atoms with E-state index in [4.69, 9.17) is 0 Å². The number of rotatable bonds is 4. The van der Waals surface area contributed by atoms with Crippen LogP contribution in [-0.4, -0.2) is 21.1 Å². The number of amides is 1. The van der Waals surface area contributed by atoms with Gasteiger partial charge in [0.25, 0.3) is 5.91 Å². The Labute approximate surface area is 162 Å². The Hall–Kier alpha value is -3.80. The van der Waals surface area contributed by atoms with Gasteiger partial charge in [-0.3, -0.25) is 9.78 Å². The summed E-state index contributed by atoms with van der Waals surface area (Å²) in [5.74, 6) is 0.249. The van der Waals surface area contributed by atoms with Gasteiger partial charge < -0.3 is 10.6 Å². The summed E-state index contributed by atoms with van der Waals surface area (Å²) in [5.41, 5.74) is 4.89. The molecule has 0 unspecified atom stereocenters. The van der Waals surface area contributed by atoms with Gasteiger partial charge in [0.05, 0.1) is 11.2 Å². The van der Waals surface area contributed by atoms with E-state index in [1.165, 1.54) is 5.56 Å². The zero-order chi connectivity index (χ0) is 19.5. The summed E-state index contributed by atoms with van der Waals surface area (Å²) >= 11 is 0. The Morgan fingerprint density at radius 1 is 0.893 bits per heavy atom. The standard InChI is InChI=1S/C22H19N5O/c1-14-8-9-17(15(2)13-14)24-20-11-10-19(26-27-20)22(28)25-18-7-3-5-16-6-4-12-23-21(16)18/h3-13H,1-2H3,(H,24,27)(H,25,28). The molecule has 0 fully saturated rings. The Balaban J connectivity index is 1.51. The molecule has 4 aromatic rings. The summed E-state index contributed by atoms with van der Waals surface area (Å²) in [6.07, 6.45) is 1.70. The molecule has 0 aliphatic carbocycles. The van der Waals surface area contributed by atoms with E-state index < -0.39 is 0 Å². The zero-order valence-electron chi connectivity index (χ0n) is 15.6. The normalized spacial score (nSPS) is 10.6.